The smallest absolute Gasteiger partial charge is 0.305 e. The Morgan fingerprint density at radius 1 is 1.44 bits per heavy atom. The number of carbonyl (C=O) groups excluding carboxylic acids is 1. The van der Waals surface area contributed by atoms with Crippen LogP contribution in [0.5, 0.6) is 0 Å². The highest BCUT2D eigenvalue weighted by atomic mass is 16.7. The van der Waals surface area contributed by atoms with Gasteiger partial charge in [0.1, 0.15) is 0 Å². The summed E-state index contributed by atoms with van der Waals surface area (Å²) in [5, 5.41) is 0. The van der Waals surface area contributed by atoms with E-state index in [4.69, 9.17) is 14.2 Å². The Morgan fingerprint density at radius 2 is 2.25 bits per heavy atom. The molecule has 1 rings (SSSR count). The zero-order valence-electron chi connectivity index (χ0n) is 10.2. The molecule has 4 heteroatoms. The highest BCUT2D eigenvalue weighted by Crippen LogP contribution is 2.14. The minimum absolute atomic E-state index is 0.0573. The van der Waals surface area contributed by atoms with Crippen LogP contribution in [0.1, 0.15) is 39.5 Å². The third-order valence-corrected chi connectivity index (χ3v) is 2.52. The van der Waals surface area contributed by atoms with Crippen molar-refractivity contribution in [3.8, 4) is 0 Å². The van der Waals surface area contributed by atoms with Crippen LogP contribution in [0, 0.1) is 5.92 Å². The molecule has 0 saturated carbocycles. The van der Waals surface area contributed by atoms with E-state index in [1.165, 1.54) is 6.42 Å². The van der Waals surface area contributed by atoms with E-state index >= 15 is 0 Å². The molecular weight excluding hydrogens is 208 g/mol. The van der Waals surface area contributed by atoms with Crippen molar-refractivity contribution in [2.24, 2.45) is 5.92 Å². The maximum atomic E-state index is 10.9. The summed E-state index contributed by atoms with van der Waals surface area (Å²) in [4.78, 5) is 10.9. The minimum Gasteiger partial charge on any atom is -0.465 e. The summed E-state index contributed by atoms with van der Waals surface area (Å²) in [6.07, 6.45) is 3.65. The van der Waals surface area contributed by atoms with Gasteiger partial charge >= 0.3 is 5.97 Å². The van der Waals surface area contributed by atoms with Crippen molar-refractivity contribution < 1.29 is 19.0 Å². The summed E-state index contributed by atoms with van der Waals surface area (Å²) in [6, 6.07) is 0. The van der Waals surface area contributed by atoms with E-state index in [2.05, 4.69) is 0 Å². The summed E-state index contributed by atoms with van der Waals surface area (Å²) >= 11 is 0. The molecule has 1 saturated heterocycles. The maximum absolute atomic E-state index is 10.9. The molecule has 2 atom stereocenters. The second-order valence-corrected chi connectivity index (χ2v) is 4.27. The van der Waals surface area contributed by atoms with E-state index < -0.39 is 0 Å². The van der Waals surface area contributed by atoms with Gasteiger partial charge in [0.15, 0.2) is 6.29 Å². The molecule has 0 aromatic rings. The Kier molecular flexibility index (Phi) is 6.42. The van der Waals surface area contributed by atoms with Crippen LogP contribution in [0.25, 0.3) is 0 Å². The fraction of sp³-hybridized carbons (Fsp3) is 0.917. The second kappa shape index (κ2) is 7.63. The van der Waals surface area contributed by atoms with Crippen molar-refractivity contribution >= 4 is 5.97 Å². The van der Waals surface area contributed by atoms with Gasteiger partial charge in [-0.05, 0) is 19.3 Å². The molecule has 1 aliphatic rings. The first-order chi connectivity index (χ1) is 7.72. The van der Waals surface area contributed by atoms with Gasteiger partial charge in [-0.25, -0.2) is 0 Å². The molecule has 0 spiro atoms. The van der Waals surface area contributed by atoms with Crippen molar-refractivity contribution in [3.63, 3.8) is 0 Å². The molecule has 2 unspecified atom stereocenters. The zero-order valence-corrected chi connectivity index (χ0v) is 10.2. The fourth-order valence-corrected chi connectivity index (χ4v) is 1.50. The third-order valence-electron chi connectivity index (χ3n) is 2.52. The minimum atomic E-state index is -0.152. The number of ether oxygens (including phenoxy) is 3. The predicted octanol–water partition coefficient (Wildman–Crippen LogP) is 2.12. The molecule has 0 bridgehead atoms. The van der Waals surface area contributed by atoms with Crippen LogP contribution in [0.4, 0.5) is 0 Å². The van der Waals surface area contributed by atoms with Gasteiger partial charge in [0.2, 0.25) is 0 Å². The second-order valence-electron chi connectivity index (χ2n) is 4.27. The molecule has 0 aliphatic carbocycles. The summed E-state index contributed by atoms with van der Waals surface area (Å²) in [5.74, 6) is 0.0711. The summed E-state index contributed by atoms with van der Waals surface area (Å²) in [6.45, 7) is 5.61. The van der Waals surface area contributed by atoms with Gasteiger partial charge in [0.05, 0.1) is 13.2 Å². The molecular formula is C12H22O4. The number of hydrogen-bond acceptors (Lipinski definition) is 4. The SMILES string of the molecule is CCC(=O)OCC(C)COC1CCCCO1. The highest BCUT2D eigenvalue weighted by Gasteiger charge is 2.15. The van der Waals surface area contributed by atoms with Gasteiger partial charge in [0, 0.05) is 18.9 Å². The molecule has 1 fully saturated rings. The Morgan fingerprint density at radius 3 is 2.88 bits per heavy atom. The van der Waals surface area contributed by atoms with Crippen LogP contribution >= 0.6 is 0 Å². The van der Waals surface area contributed by atoms with Gasteiger partial charge in [-0.2, -0.15) is 0 Å². The largest absolute Gasteiger partial charge is 0.465 e. The van der Waals surface area contributed by atoms with Gasteiger partial charge in [-0.15, -0.1) is 0 Å². The first kappa shape index (κ1) is 13.5. The molecule has 4 nitrogen and oxygen atoms in total. The Labute approximate surface area is 97.2 Å². The lowest BCUT2D eigenvalue weighted by atomic mass is 10.2. The molecule has 0 aromatic heterocycles. The monoisotopic (exact) mass is 230 g/mol. The van der Waals surface area contributed by atoms with Crippen LogP contribution in [0.15, 0.2) is 0 Å². The number of hydrogen-bond donors (Lipinski definition) is 0. The molecule has 1 heterocycles. The average molecular weight is 230 g/mol. The lowest BCUT2D eigenvalue weighted by Gasteiger charge is -2.24. The lowest BCUT2D eigenvalue weighted by Crippen LogP contribution is -2.26. The van der Waals surface area contributed by atoms with Crippen LogP contribution in [-0.2, 0) is 19.0 Å². The van der Waals surface area contributed by atoms with E-state index in [9.17, 15) is 4.79 Å². The van der Waals surface area contributed by atoms with Crippen LogP contribution < -0.4 is 0 Å². The lowest BCUT2D eigenvalue weighted by molar-refractivity contribution is -0.172. The van der Waals surface area contributed by atoms with Gasteiger partial charge in [-0.3, -0.25) is 4.79 Å². The first-order valence-electron chi connectivity index (χ1n) is 6.11. The number of rotatable bonds is 6. The van der Waals surface area contributed by atoms with Crippen molar-refractivity contribution in [2.45, 2.75) is 45.8 Å². The zero-order chi connectivity index (χ0) is 11.8. The fourth-order valence-electron chi connectivity index (χ4n) is 1.50. The summed E-state index contributed by atoms with van der Waals surface area (Å²) in [5.41, 5.74) is 0. The van der Waals surface area contributed by atoms with Gasteiger partial charge in [-0.1, -0.05) is 13.8 Å². The predicted molar refractivity (Wildman–Crippen MR) is 60.0 cm³/mol. The van der Waals surface area contributed by atoms with Crippen LogP contribution in [0.2, 0.25) is 0 Å². The normalized spacial score (nSPS) is 22.8. The molecule has 0 amide bonds. The van der Waals surface area contributed by atoms with Crippen molar-refractivity contribution in [1.29, 1.82) is 0 Å². The molecule has 0 aromatic carbocycles. The van der Waals surface area contributed by atoms with Crippen molar-refractivity contribution in [1.82, 2.24) is 0 Å². The standard InChI is InChI=1S/C12H22O4/c1-3-11(13)15-8-10(2)9-16-12-6-4-5-7-14-12/h10,12H,3-9H2,1-2H3. The molecule has 0 radical (unpaired) electrons. The van der Waals surface area contributed by atoms with Crippen LogP contribution in [-0.4, -0.2) is 32.1 Å². The Balaban J connectivity index is 2.04. The first-order valence-corrected chi connectivity index (χ1v) is 6.11. The van der Waals surface area contributed by atoms with E-state index in [1.807, 2.05) is 6.92 Å². The van der Waals surface area contributed by atoms with Crippen molar-refractivity contribution in [2.75, 3.05) is 19.8 Å². The quantitative estimate of drug-likeness (QED) is 0.656. The van der Waals surface area contributed by atoms with E-state index in [0.29, 0.717) is 19.6 Å². The Hall–Kier alpha value is -0.610. The Bertz CT molecular complexity index is 199. The van der Waals surface area contributed by atoms with Gasteiger partial charge in [0.25, 0.3) is 0 Å². The third kappa shape index (κ3) is 5.47. The molecule has 1 aliphatic heterocycles. The molecule has 0 N–H and O–H groups in total. The number of esters is 1. The number of carbonyl (C=O) groups is 1. The van der Waals surface area contributed by atoms with E-state index in [0.717, 1.165) is 19.4 Å². The average Bonchev–Trinajstić information content (AvgIpc) is 2.34. The summed E-state index contributed by atoms with van der Waals surface area (Å²) in [7, 11) is 0. The van der Waals surface area contributed by atoms with E-state index in [1.54, 1.807) is 6.92 Å². The summed E-state index contributed by atoms with van der Waals surface area (Å²) < 4.78 is 16.1. The highest BCUT2D eigenvalue weighted by molar-refractivity contribution is 5.68. The topological polar surface area (TPSA) is 44.8 Å². The van der Waals surface area contributed by atoms with Crippen LogP contribution in [0.3, 0.4) is 0 Å². The molecule has 16 heavy (non-hydrogen) atoms. The van der Waals surface area contributed by atoms with E-state index in [-0.39, 0.29) is 18.2 Å². The van der Waals surface area contributed by atoms with Crippen molar-refractivity contribution in [3.05, 3.63) is 0 Å². The maximum Gasteiger partial charge on any atom is 0.305 e. The van der Waals surface area contributed by atoms with Gasteiger partial charge < -0.3 is 14.2 Å². The molecule has 94 valence electrons.